The van der Waals surface area contributed by atoms with Gasteiger partial charge in [0.15, 0.2) is 0 Å². The third-order valence-corrected chi connectivity index (χ3v) is 6.31. The van der Waals surface area contributed by atoms with Crippen LogP contribution in [0.15, 0.2) is 28.7 Å². The number of halogens is 2. The van der Waals surface area contributed by atoms with E-state index in [1.54, 1.807) is 4.90 Å². The summed E-state index contributed by atoms with van der Waals surface area (Å²) in [4.78, 5) is 28.9. The second kappa shape index (κ2) is 7.25. The number of likely N-dealkylation sites (tertiary alicyclic amines) is 1. The standard InChI is InChI=1S/C18H22BrN3O2.ClH/c19-13-2-1-3-14(7-13)22-9-12(6-17(22)23)18(24)21-8-11-4-5-16(20)15(11)10-21;/h1-3,7,11-12,15-16H,4-6,8-10,20H2;1H. The molecule has 1 aromatic carbocycles. The minimum Gasteiger partial charge on any atom is -0.342 e. The van der Waals surface area contributed by atoms with Crippen LogP contribution < -0.4 is 10.6 Å². The molecule has 136 valence electrons. The summed E-state index contributed by atoms with van der Waals surface area (Å²) in [5.41, 5.74) is 7.02. The smallest absolute Gasteiger partial charge is 0.228 e. The van der Waals surface area contributed by atoms with Crippen molar-refractivity contribution in [3.05, 3.63) is 28.7 Å². The fourth-order valence-corrected chi connectivity index (χ4v) is 4.90. The summed E-state index contributed by atoms with van der Waals surface area (Å²) in [5, 5.41) is 0. The number of nitrogens with two attached hydrogens (primary N) is 1. The third kappa shape index (κ3) is 3.44. The first kappa shape index (κ1) is 18.7. The Kier molecular flexibility index (Phi) is 5.42. The van der Waals surface area contributed by atoms with Gasteiger partial charge in [0.25, 0.3) is 0 Å². The van der Waals surface area contributed by atoms with Crippen LogP contribution in [0.2, 0.25) is 0 Å². The molecule has 3 fully saturated rings. The Labute approximate surface area is 162 Å². The summed E-state index contributed by atoms with van der Waals surface area (Å²) in [7, 11) is 0. The summed E-state index contributed by atoms with van der Waals surface area (Å²) in [6.07, 6.45) is 2.52. The summed E-state index contributed by atoms with van der Waals surface area (Å²) >= 11 is 3.44. The van der Waals surface area contributed by atoms with Crippen LogP contribution in [0.25, 0.3) is 0 Å². The molecule has 4 rings (SSSR count). The molecule has 7 heteroatoms. The minimum absolute atomic E-state index is 0. The molecule has 1 aliphatic carbocycles. The maximum absolute atomic E-state index is 12.9. The van der Waals surface area contributed by atoms with Crippen molar-refractivity contribution in [1.82, 2.24) is 4.90 Å². The lowest BCUT2D eigenvalue weighted by Gasteiger charge is -2.22. The second-order valence-corrected chi connectivity index (χ2v) is 8.21. The number of carbonyl (C=O) groups is 2. The van der Waals surface area contributed by atoms with Crippen LogP contribution in [0.3, 0.4) is 0 Å². The van der Waals surface area contributed by atoms with Crippen molar-refractivity contribution in [3.63, 3.8) is 0 Å². The molecule has 0 aromatic heterocycles. The molecule has 2 heterocycles. The topological polar surface area (TPSA) is 66.6 Å². The molecule has 2 aliphatic heterocycles. The van der Waals surface area contributed by atoms with Gasteiger partial charge in [-0.2, -0.15) is 0 Å². The van der Waals surface area contributed by atoms with Crippen molar-refractivity contribution in [3.8, 4) is 0 Å². The van der Waals surface area contributed by atoms with E-state index in [0.29, 0.717) is 24.8 Å². The van der Waals surface area contributed by atoms with E-state index in [4.69, 9.17) is 5.73 Å². The van der Waals surface area contributed by atoms with Gasteiger partial charge in [0, 0.05) is 42.3 Å². The molecule has 1 saturated carbocycles. The molecule has 1 aromatic rings. The van der Waals surface area contributed by atoms with Crippen LogP contribution in [-0.4, -0.2) is 42.4 Å². The Bertz CT molecular complexity index is 686. The Hall–Kier alpha value is -1.11. The fraction of sp³-hybridized carbons (Fsp3) is 0.556. The average molecular weight is 429 g/mol. The van der Waals surface area contributed by atoms with Crippen LogP contribution in [-0.2, 0) is 9.59 Å². The first-order chi connectivity index (χ1) is 11.5. The number of fused-ring (bicyclic) bond motifs is 1. The quantitative estimate of drug-likeness (QED) is 0.787. The SMILES string of the molecule is Cl.NC1CCC2CN(C(=O)C3CC(=O)N(c4cccc(Br)c4)C3)CC12. The van der Waals surface area contributed by atoms with Gasteiger partial charge in [0.2, 0.25) is 11.8 Å². The first-order valence-electron chi connectivity index (χ1n) is 8.63. The van der Waals surface area contributed by atoms with Crippen molar-refractivity contribution in [1.29, 1.82) is 0 Å². The van der Waals surface area contributed by atoms with Gasteiger partial charge in [-0.15, -0.1) is 12.4 Å². The van der Waals surface area contributed by atoms with Gasteiger partial charge in [-0.05, 0) is 42.9 Å². The normalized spacial score (nSPS) is 31.2. The maximum Gasteiger partial charge on any atom is 0.228 e. The van der Waals surface area contributed by atoms with Crippen molar-refractivity contribution in [2.45, 2.75) is 25.3 Å². The van der Waals surface area contributed by atoms with Gasteiger partial charge in [0.05, 0.1) is 5.92 Å². The van der Waals surface area contributed by atoms with E-state index in [-0.39, 0.29) is 36.2 Å². The molecule has 2 amide bonds. The van der Waals surface area contributed by atoms with Gasteiger partial charge in [-0.25, -0.2) is 0 Å². The number of amides is 2. The highest BCUT2D eigenvalue weighted by Crippen LogP contribution is 2.38. The summed E-state index contributed by atoms with van der Waals surface area (Å²) in [6, 6.07) is 7.90. The zero-order valence-electron chi connectivity index (χ0n) is 13.9. The number of benzene rings is 1. The molecule has 0 spiro atoms. The second-order valence-electron chi connectivity index (χ2n) is 7.29. The van der Waals surface area contributed by atoms with Crippen LogP contribution >= 0.6 is 28.3 Å². The molecule has 2 N–H and O–H groups in total. The molecule has 3 aliphatic rings. The molecule has 4 unspecified atom stereocenters. The van der Waals surface area contributed by atoms with E-state index in [2.05, 4.69) is 15.9 Å². The summed E-state index contributed by atoms with van der Waals surface area (Å²) in [6.45, 7) is 2.07. The molecule has 4 atom stereocenters. The lowest BCUT2D eigenvalue weighted by molar-refractivity contribution is -0.135. The van der Waals surface area contributed by atoms with Crippen LogP contribution in [0.1, 0.15) is 19.3 Å². The molecule has 5 nitrogen and oxygen atoms in total. The summed E-state index contributed by atoms with van der Waals surface area (Å²) in [5.74, 6) is 0.936. The van der Waals surface area contributed by atoms with Gasteiger partial charge in [0.1, 0.15) is 0 Å². The highest BCUT2D eigenvalue weighted by molar-refractivity contribution is 9.10. The molecular weight excluding hydrogens is 406 g/mol. The first-order valence-corrected chi connectivity index (χ1v) is 9.42. The predicted molar refractivity (Wildman–Crippen MR) is 103 cm³/mol. The van der Waals surface area contributed by atoms with Crippen molar-refractivity contribution in [2.24, 2.45) is 23.5 Å². The number of hydrogen-bond donors (Lipinski definition) is 1. The number of nitrogens with zero attached hydrogens (tertiary/aromatic N) is 2. The number of carbonyl (C=O) groups excluding carboxylic acids is 2. The third-order valence-electron chi connectivity index (χ3n) is 5.82. The van der Waals surface area contributed by atoms with Crippen molar-refractivity contribution >= 4 is 45.8 Å². The Morgan fingerprint density at radius 3 is 2.72 bits per heavy atom. The molecule has 0 bridgehead atoms. The summed E-state index contributed by atoms with van der Waals surface area (Å²) < 4.78 is 0.934. The number of hydrogen-bond acceptors (Lipinski definition) is 3. The Morgan fingerprint density at radius 1 is 1.20 bits per heavy atom. The van der Waals surface area contributed by atoms with E-state index < -0.39 is 0 Å². The van der Waals surface area contributed by atoms with Gasteiger partial charge < -0.3 is 15.5 Å². The maximum atomic E-state index is 12.9. The lowest BCUT2D eigenvalue weighted by atomic mass is 9.98. The zero-order valence-corrected chi connectivity index (χ0v) is 16.3. The number of rotatable bonds is 2. The predicted octanol–water partition coefficient (Wildman–Crippen LogP) is 2.42. The Morgan fingerprint density at radius 2 is 2.00 bits per heavy atom. The van der Waals surface area contributed by atoms with E-state index in [0.717, 1.165) is 36.1 Å². The van der Waals surface area contributed by atoms with Gasteiger partial charge in [-0.3, -0.25) is 9.59 Å². The Balaban J connectivity index is 0.00000182. The van der Waals surface area contributed by atoms with E-state index in [1.165, 1.54) is 0 Å². The molecule has 25 heavy (non-hydrogen) atoms. The van der Waals surface area contributed by atoms with Crippen LogP contribution in [0.4, 0.5) is 5.69 Å². The van der Waals surface area contributed by atoms with Gasteiger partial charge in [-0.1, -0.05) is 22.0 Å². The van der Waals surface area contributed by atoms with Crippen LogP contribution in [0, 0.1) is 17.8 Å². The van der Waals surface area contributed by atoms with Crippen molar-refractivity contribution < 1.29 is 9.59 Å². The van der Waals surface area contributed by atoms with E-state index >= 15 is 0 Å². The van der Waals surface area contributed by atoms with Crippen molar-refractivity contribution in [2.75, 3.05) is 24.5 Å². The van der Waals surface area contributed by atoms with E-state index in [1.807, 2.05) is 29.2 Å². The average Bonchev–Trinajstić information content (AvgIpc) is 3.23. The minimum atomic E-state index is -0.230. The fourth-order valence-electron chi connectivity index (χ4n) is 4.51. The zero-order chi connectivity index (χ0) is 16.8. The van der Waals surface area contributed by atoms with E-state index in [9.17, 15) is 9.59 Å². The molecule has 2 saturated heterocycles. The number of anilines is 1. The largest absolute Gasteiger partial charge is 0.342 e. The highest BCUT2D eigenvalue weighted by Gasteiger charge is 2.45. The lowest BCUT2D eigenvalue weighted by Crippen LogP contribution is -2.38. The molecular formula is C18H23BrClN3O2. The highest BCUT2D eigenvalue weighted by atomic mass is 79.9. The van der Waals surface area contributed by atoms with Gasteiger partial charge >= 0.3 is 0 Å². The molecule has 0 radical (unpaired) electrons. The van der Waals surface area contributed by atoms with Crippen LogP contribution in [0.5, 0.6) is 0 Å². The monoisotopic (exact) mass is 427 g/mol.